The molecular formula is C27H28Br2O. The van der Waals surface area contributed by atoms with Crippen LogP contribution >= 0.6 is 31.9 Å². The molecule has 4 aliphatic rings. The highest BCUT2D eigenvalue weighted by Gasteiger charge is 2.64. The van der Waals surface area contributed by atoms with Crippen molar-refractivity contribution in [1.82, 2.24) is 0 Å². The summed E-state index contributed by atoms with van der Waals surface area (Å²) in [6.45, 7) is 0. The monoisotopic (exact) mass is 526 g/mol. The minimum Gasteiger partial charge on any atom is -0.298 e. The van der Waals surface area contributed by atoms with Gasteiger partial charge >= 0.3 is 0 Å². The molecule has 6 atom stereocenters. The van der Waals surface area contributed by atoms with E-state index in [1.165, 1.54) is 49.7 Å². The Morgan fingerprint density at radius 1 is 0.600 bits per heavy atom. The second-order valence-electron chi connectivity index (χ2n) is 10.1. The van der Waals surface area contributed by atoms with Gasteiger partial charge in [-0.15, -0.1) is 0 Å². The van der Waals surface area contributed by atoms with Gasteiger partial charge in [-0.3, -0.25) is 4.79 Å². The fourth-order valence-corrected chi connectivity index (χ4v) is 8.78. The van der Waals surface area contributed by atoms with Crippen LogP contribution in [0.1, 0.15) is 61.5 Å². The summed E-state index contributed by atoms with van der Waals surface area (Å²) in [5.74, 6) is 4.98. The summed E-state index contributed by atoms with van der Waals surface area (Å²) in [4.78, 5) is 14.1. The molecule has 1 nitrogen and oxygen atoms in total. The average Bonchev–Trinajstić information content (AvgIpc) is 3.23. The van der Waals surface area contributed by atoms with E-state index in [0.29, 0.717) is 17.6 Å². The van der Waals surface area contributed by atoms with Crippen LogP contribution in [-0.2, 0) is 4.79 Å². The first-order valence-corrected chi connectivity index (χ1v) is 13.3. The van der Waals surface area contributed by atoms with Crippen molar-refractivity contribution < 1.29 is 4.79 Å². The van der Waals surface area contributed by atoms with Crippen molar-refractivity contribution in [2.75, 3.05) is 0 Å². The van der Waals surface area contributed by atoms with Crippen molar-refractivity contribution in [3.05, 3.63) is 68.6 Å². The zero-order valence-electron chi connectivity index (χ0n) is 17.1. The number of carbonyl (C=O) groups is 1. The summed E-state index contributed by atoms with van der Waals surface area (Å²) >= 11 is 7.17. The van der Waals surface area contributed by atoms with E-state index in [2.05, 4.69) is 80.4 Å². The van der Waals surface area contributed by atoms with Crippen molar-refractivity contribution >= 4 is 37.6 Å². The molecule has 6 rings (SSSR count). The van der Waals surface area contributed by atoms with Gasteiger partial charge in [-0.1, -0.05) is 81.8 Å². The molecular weight excluding hydrogens is 500 g/mol. The molecule has 4 aliphatic carbocycles. The molecule has 3 heteroatoms. The highest BCUT2D eigenvalue weighted by Crippen LogP contribution is 2.68. The number of benzene rings is 2. The predicted octanol–water partition coefficient (Wildman–Crippen LogP) is 7.74. The Bertz CT molecular complexity index is 874. The van der Waals surface area contributed by atoms with E-state index in [1.807, 2.05) is 0 Å². The fraction of sp³-hybridized carbons (Fsp3) is 0.519. The highest BCUT2D eigenvalue weighted by molar-refractivity contribution is 9.10. The van der Waals surface area contributed by atoms with Crippen molar-refractivity contribution in [3.8, 4) is 0 Å². The van der Waals surface area contributed by atoms with E-state index in [1.54, 1.807) is 0 Å². The SMILES string of the molecule is O=C1C(c2ccc(Br)cc2)C2C3CCCC4CCCC(C43)C2C1c1ccc(Br)cc1. The summed E-state index contributed by atoms with van der Waals surface area (Å²) in [6, 6.07) is 17.3. The molecule has 30 heavy (non-hydrogen) atoms. The van der Waals surface area contributed by atoms with Crippen LogP contribution in [0.15, 0.2) is 57.5 Å². The van der Waals surface area contributed by atoms with Crippen LogP contribution < -0.4 is 0 Å². The number of ketones is 1. The number of carbonyl (C=O) groups excluding carboxylic acids is 1. The van der Waals surface area contributed by atoms with Gasteiger partial charge in [0.1, 0.15) is 5.78 Å². The van der Waals surface area contributed by atoms with Crippen molar-refractivity contribution in [1.29, 1.82) is 0 Å². The van der Waals surface area contributed by atoms with E-state index >= 15 is 0 Å². The van der Waals surface area contributed by atoms with Crippen molar-refractivity contribution in [2.24, 2.45) is 35.5 Å². The van der Waals surface area contributed by atoms with Gasteiger partial charge in [0.15, 0.2) is 0 Å². The maximum absolute atomic E-state index is 14.1. The molecule has 0 radical (unpaired) electrons. The lowest BCUT2D eigenvalue weighted by atomic mass is 9.62. The molecule has 0 spiro atoms. The van der Waals surface area contributed by atoms with Gasteiger partial charge < -0.3 is 0 Å². The Kier molecular flexibility index (Phi) is 4.99. The van der Waals surface area contributed by atoms with E-state index in [-0.39, 0.29) is 11.8 Å². The Balaban J connectivity index is 1.49. The molecule has 0 saturated heterocycles. The lowest BCUT2D eigenvalue weighted by Crippen LogP contribution is -2.36. The minimum atomic E-state index is 0.0751. The van der Waals surface area contributed by atoms with E-state index in [9.17, 15) is 4.79 Å². The number of hydrogen-bond acceptors (Lipinski definition) is 1. The Hall–Kier alpha value is -0.930. The number of rotatable bonds is 2. The van der Waals surface area contributed by atoms with Crippen LogP contribution in [0.2, 0.25) is 0 Å². The van der Waals surface area contributed by atoms with E-state index in [0.717, 1.165) is 32.6 Å². The molecule has 0 aromatic heterocycles. The third-order valence-electron chi connectivity index (χ3n) is 9.03. The molecule has 0 aliphatic heterocycles. The van der Waals surface area contributed by atoms with Crippen LogP contribution in [-0.4, -0.2) is 5.78 Å². The first-order valence-electron chi connectivity index (χ1n) is 11.7. The fourth-order valence-electron chi connectivity index (χ4n) is 8.26. The summed E-state index contributed by atoms with van der Waals surface area (Å²) < 4.78 is 2.19. The topological polar surface area (TPSA) is 17.1 Å². The zero-order chi connectivity index (χ0) is 20.4. The predicted molar refractivity (Wildman–Crippen MR) is 127 cm³/mol. The Morgan fingerprint density at radius 3 is 1.47 bits per heavy atom. The van der Waals surface area contributed by atoms with Gasteiger partial charge in [-0.2, -0.15) is 0 Å². The molecule has 0 heterocycles. The number of Topliss-reactive ketones (excluding diaryl/α,β-unsaturated/α-hetero) is 1. The molecule has 0 bridgehead atoms. The molecule has 4 fully saturated rings. The van der Waals surface area contributed by atoms with E-state index < -0.39 is 0 Å². The lowest BCUT2D eigenvalue weighted by molar-refractivity contribution is -0.121. The smallest absolute Gasteiger partial charge is 0.148 e. The van der Waals surface area contributed by atoms with Crippen LogP contribution in [0.3, 0.4) is 0 Å². The largest absolute Gasteiger partial charge is 0.298 e. The molecule has 0 N–H and O–H groups in total. The third kappa shape index (κ3) is 2.94. The van der Waals surface area contributed by atoms with Crippen LogP contribution in [0, 0.1) is 35.5 Å². The normalized spacial score (nSPS) is 39.6. The van der Waals surface area contributed by atoms with Crippen molar-refractivity contribution in [2.45, 2.75) is 50.4 Å². The average molecular weight is 528 g/mol. The number of fused-ring (bicyclic) bond motifs is 3. The molecule has 4 saturated carbocycles. The maximum Gasteiger partial charge on any atom is 0.148 e. The lowest BCUT2D eigenvalue weighted by Gasteiger charge is -2.43. The summed E-state index contributed by atoms with van der Waals surface area (Å²) in [6.07, 6.45) is 8.27. The molecule has 156 valence electrons. The Labute approximate surface area is 196 Å². The minimum absolute atomic E-state index is 0.0751. The summed E-state index contributed by atoms with van der Waals surface area (Å²) in [7, 11) is 0. The summed E-state index contributed by atoms with van der Waals surface area (Å²) in [5.41, 5.74) is 2.50. The second-order valence-corrected chi connectivity index (χ2v) is 12.0. The van der Waals surface area contributed by atoms with Crippen LogP contribution in [0.25, 0.3) is 0 Å². The van der Waals surface area contributed by atoms with Crippen molar-refractivity contribution in [3.63, 3.8) is 0 Å². The standard InChI is InChI=1S/C27H28Br2O/c28-18-11-7-16(8-12-18)23-25-20-5-1-3-15-4-2-6-21(22(15)20)26(25)24(27(23)30)17-9-13-19(29)14-10-17/h7-15,20-26H,1-6H2. The van der Waals surface area contributed by atoms with Gasteiger partial charge in [0.2, 0.25) is 0 Å². The summed E-state index contributed by atoms with van der Waals surface area (Å²) in [5, 5.41) is 0. The van der Waals surface area contributed by atoms with Crippen LogP contribution in [0.4, 0.5) is 0 Å². The van der Waals surface area contributed by atoms with Gasteiger partial charge in [0.05, 0.1) is 0 Å². The van der Waals surface area contributed by atoms with Gasteiger partial charge in [-0.25, -0.2) is 0 Å². The molecule has 6 unspecified atom stereocenters. The first kappa shape index (κ1) is 19.7. The maximum atomic E-state index is 14.1. The zero-order valence-corrected chi connectivity index (χ0v) is 20.3. The third-order valence-corrected chi connectivity index (χ3v) is 10.1. The van der Waals surface area contributed by atoms with Gasteiger partial charge in [0.25, 0.3) is 0 Å². The quantitative estimate of drug-likeness (QED) is 0.390. The van der Waals surface area contributed by atoms with Crippen LogP contribution in [0.5, 0.6) is 0 Å². The van der Waals surface area contributed by atoms with E-state index in [4.69, 9.17) is 0 Å². The second kappa shape index (κ2) is 7.59. The van der Waals surface area contributed by atoms with Gasteiger partial charge in [0, 0.05) is 20.8 Å². The molecule has 0 amide bonds. The highest BCUT2D eigenvalue weighted by atomic mass is 79.9. The first-order chi connectivity index (χ1) is 14.6. The van der Waals surface area contributed by atoms with Gasteiger partial charge in [-0.05, 0) is 83.7 Å². The molecule has 2 aromatic carbocycles. The molecule has 2 aromatic rings. The number of hydrogen-bond donors (Lipinski definition) is 0. The Morgan fingerprint density at radius 2 is 1.03 bits per heavy atom. The number of halogens is 2.